The van der Waals surface area contributed by atoms with Crippen LogP contribution >= 0.6 is 0 Å². The van der Waals surface area contributed by atoms with Crippen molar-refractivity contribution in [2.24, 2.45) is 28.6 Å². The molecule has 3 saturated carbocycles. The molecule has 2 N–H and O–H groups in total. The first-order valence-corrected chi connectivity index (χ1v) is 8.94. The highest BCUT2D eigenvalue weighted by molar-refractivity contribution is 6.01. The minimum Gasteiger partial charge on any atom is -0.505 e. The summed E-state index contributed by atoms with van der Waals surface area (Å²) >= 11 is 0. The van der Waals surface area contributed by atoms with Crippen molar-refractivity contribution in [2.75, 3.05) is 0 Å². The van der Waals surface area contributed by atoms with Gasteiger partial charge in [-0.05, 0) is 62.4 Å². The van der Waals surface area contributed by atoms with E-state index in [-0.39, 0.29) is 17.1 Å². The van der Waals surface area contributed by atoms with Crippen LogP contribution in [0.15, 0.2) is 11.8 Å². The van der Waals surface area contributed by atoms with Crippen molar-refractivity contribution in [3.8, 4) is 0 Å². The molecule has 6 atom stereocenters. The van der Waals surface area contributed by atoms with Crippen LogP contribution in [-0.2, 0) is 9.59 Å². The average Bonchev–Trinajstić information content (AvgIpc) is 2.82. The molecule has 0 aromatic carbocycles. The van der Waals surface area contributed by atoms with Gasteiger partial charge < -0.3 is 10.2 Å². The molecule has 0 amide bonds. The van der Waals surface area contributed by atoms with Crippen LogP contribution < -0.4 is 0 Å². The number of Topliss-reactive ketones (excluding diaryl/α,β-unsaturated/α-hetero) is 2. The van der Waals surface area contributed by atoms with Crippen LogP contribution in [0.4, 0.5) is 0 Å². The molecule has 126 valence electrons. The summed E-state index contributed by atoms with van der Waals surface area (Å²) in [7, 11) is 0. The number of aliphatic hydroxyl groups excluding tert-OH is 1. The fourth-order valence-corrected chi connectivity index (χ4v) is 6.53. The Bertz CT molecular complexity index is 623. The van der Waals surface area contributed by atoms with Gasteiger partial charge in [-0.3, -0.25) is 9.59 Å². The van der Waals surface area contributed by atoms with Gasteiger partial charge >= 0.3 is 0 Å². The Hall–Kier alpha value is -1.16. The highest BCUT2D eigenvalue weighted by Gasteiger charge is 2.66. The molecule has 23 heavy (non-hydrogen) atoms. The topological polar surface area (TPSA) is 74.6 Å². The van der Waals surface area contributed by atoms with Crippen LogP contribution in [0, 0.1) is 28.6 Å². The Labute approximate surface area is 137 Å². The summed E-state index contributed by atoms with van der Waals surface area (Å²) in [6.07, 6.45) is 6.72. The minimum atomic E-state index is -1.44. The molecule has 0 spiro atoms. The summed E-state index contributed by atoms with van der Waals surface area (Å²) in [6.45, 7) is 4.15. The summed E-state index contributed by atoms with van der Waals surface area (Å²) in [4.78, 5) is 24.9. The molecule has 4 aliphatic carbocycles. The highest BCUT2D eigenvalue weighted by Crippen LogP contribution is 2.65. The van der Waals surface area contributed by atoms with E-state index in [0.29, 0.717) is 36.9 Å². The first-order valence-electron chi connectivity index (χ1n) is 8.94. The van der Waals surface area contributed by atoms with Gasteiger partial charge in [0.05, 0.1) is 0 Å². The van der Waals surface area contributed by atoms with E-state index in [9.17, 15) is 19.8 Å². The van der Waals surface area contributed by atoms with Crippen LogP contribution in [0.25, 0.3) is 0 Å². The molecule has 4 heteroatoms. The third-order valence-corrected chi connectivity index (χ3v) is 8.08. The molecule has 0 radical (unpaired) electrons. The van der Waals surface area contributed by atoms with Gasteiger partial charge in [-0.25, -0.2) is 0 Å². The van der Waals surface area contributed by atoms with Crippen LogP contribution in [0.1, 0.15) is 58.8 Å². The quantitative estimate of drug-likeness (QED) is 0.720. The van der Waals surface area contributed by atoms with Crippen LogP contribution in [-0.4, -0.2) is 27.4 Å². The van der Waals surface area contributed by atoms with E-state index in [1.165, 1.54) is 0 Å². The largest absolute Gasteiger partial charge is 0.505 e. The second kappa shape index (κ2) is 4.47. The maximum atomic E-state index is 12.5. The van der Waals surface area contributed by atoms with Gasteiger partial charge in [0.2, 0.25) is 5.78 Å². The zero-order valence-corrected chi connectivity index (χ0v) is 14.0. The lowest BCUT2D eigenvalue weighted by molar-refractivity contribution is -0.193. The smallest absolute Gasteiger partial charge is 0.228 e. The molecular formula is C19H26O4. The highest BCUT2D eigenvalue weighted by atomic mass is 16.3. The number of carbonyl (C=O) groups excluding carboxylic acids is 2. The number of rotatable bonds is 0. The lowest BCUT2D eigenvalue weighted by atomic mass is 9.44. The Morgan fingerprint density at radius 3 is 2.57 bits per heavy atom. The van der Waals surface area contributed by atoms with Gasteiger partial charge in [-0.15, -0.1) is 0 Å². The number of hydrogen-bond donors (Lipinski definition) is 2. The fraction of sp³-hybridized carbons (Fsp3) is 0.789. The summed E-state index contributed by atoms with van der Waals surface area (Å²) in [6, 6.07) is 0. The number of hydrogen-bond acceptors (Lipinski definition) is 4. The molecular weight excluding hydrogens is 292 g/mol. The molecule has 0 unspecified atom stereocenters. The Morgan fingerprint density at radius 1 is 1.09 bits per heavy atom. The predicted octanol–water partition coefficient (Wildman–Crippen LogP) is 2.94. The van der Waals surface area contributed by atoms with Crippen molar-refractivity contribution in [3.63, 3.8) is 0 Å². The van der Waals surface area contributed by atoms with Crippen molar-refractivity contribution in [3.05, 3.63) is 11.8 Å². The third-order valence-electron chi connectivity index (χ3n) is 8.08. The lowest BCUT2D eigenvalue weighted by Gasteiger charge is -2.61. The van der Waals surface area contributed by atoms with E-state index in [1.807, 2.05) is 6.92 Å². The first-order chi connectivity index (χ1) is 10.7. The standard InChI is InChI=1S/C19H26O4/c1-17-8-6-13-11(12(17)3-4-15(17)21)5-10-19(23)16(22)14(20)7-9-18(13,19)2/h7,11-13,20,23H,3-6,8-10H2,1-2H3/t11-,12-,13-,17-,18+,19+/m0/s1. The van der Waals surface area contributed by atoms with E-state index in [4.69, 9.17) is 0 Å². The Kier molecular flexibility index (Phi) is 2.99. The lowest BCUT2D eigenvalue weighted by Crippen LogP contribution is -2.64. The molecule has 0 saturated heterocycles. The van der Waals surface area contributed by atoms with Crippen LogP contribution in [0.2, 0.25) is 0 Å². The van der Waals surface area contributed by atoms with E-state index in [1.54, 1.807) is 6.08 Å². The van der Waals surface area contributed by atoms with Crippen molar-refractivity contribution in [1.29, 1.82) is 0 Å². The molecule has 3 fully saturated rings. The second-order valence-corrected chi connectivity index (χ2v) is 8.73. The van der Waals surface area contributed by atoms with Crippen molar-refractivity contribution < 1.29 is 19.8 Å². The van der Waals surface area contributed by atoms with Crippen LogP contribution in [0.3, 0.4) is 0 Å². The van der Waals surface area contributed by atoms with E-state index in [0.717, 1.165) is 25.7 Å². The summed E-state index contributed by atoms with van der Waals surface area (Å²) in [5.74, 6) is 0.681. The minimum absolute atomic E-state index is 0.191. The average molecular weight is 318 g/mol. The van der Waals surface area contributed by atoms with E-state index < -0.39 is 16.8 Å². The number of fused-ring (bicyclic) bond motifs is 5. The third kappa shape index (κ3) is 1.66. The van der Waals surface area contributed by atoms with Gasteiger partial charge in [0.15, 0.2) is 5.76 Å². The molecule has 0 bridgehead atoms. The number of ketones is 2. The number of aliphatic hydroxyl groups is 2. The zero-order valence-electron chi connectivity index (χ0n) is 14.0. The molecule has 4 nitrogen and oxygen atoms in total. The maximum absolute atomic E-state index is 12.5. The van der Waals surface area contributed by atoms with Crippen molar-refractivity contribution >= 4 is 11.6 Å². The van der Waals surface area contributed by atoms with Gasteiger partial charge in [-0.1, -0.05) is 13.8 Å². The Balaban J connectivity index is 1.75. The predicted molar refractivity (Wildman–Crippen MR) is 84.7 cm³/mol. The molecule has 4 aliphatic rings. The summed E-state index contributed by atoms with van der Waals surface area (Å²) < 4.78 is 0. The second-order valence-electron chi connectivity index (χ2n) is 8.73. The number of allylic oxidation sites excluding steroid dienone is 1. The molecule has 4 rings (SSSR count). The fourth-order valence-electron chi connectivity index (χ4n) is 6.53. The van der Waals surface area contributed by atoms with E-state index in [2.05, 4.69) is 6.92 Å². The normalized spacial score (nSPS) is 52.5. The van der Waals surface area contributed by atoms with Gasteiger partial charge in [-0.2, -0.15) is 0 Å². The van der Waals surface area contributed by atoms with Gasteiger partial charge in [0.25, 0.3) is 0 Å². The molecule has 0 aliphatic heterocycles. The van der Waals surface area contributed by atoms with Gasteiger partial charge in [0.1, 0.15) is 11.4 Å². The Morgan fingerprint density at radius 2 is 1.83 bits per heavy atom. The molecule has 0 aromatic heterocycles. The van der Waals surface area contributed by atoms with Crippen molar-refractivity contribution in [2.45, 2.75) is 64.4 Å². The molecule has 0 aromatic rings. The number of carbonyl (C=O) groups is 2. The SMILES string of the molecule is C[C@]12CC[C@H]3[C@@H](CC[C@@]4(O)C(=O)C(O)=CC[C@]34C)[C@@H]1CCC2=O. The zero-order chi connectivity index (χ0) is 16.6. The van der Waals surface area contributed by atoms with Gasteiger partial charge in [0, 0.05) is 17.3 Å². The van der Waals surface area contributed by atoms with Crippen molar-refractivity contribution in [1.82, 2.24) is 0 Å². The van der Waals surface area contributed by atoms with Crippen LogP contribution in [0.5, 0.6) is 0 Å². The summed E-state index contributed by atoms with van der Waals surface area (Å²) in [5.41, 5.74) is -2.15. The monoisotopic (exact) mass is 318 g/mol. The first kappa shape index (κ1) is 15.4. The van der Waals surface area contributed by atoms with E-state index >= 15 is 0 Å². The summed E-state index contributed by atoms with van der Waals surface area (Å²) in [5, 5.41) is 21.0. The maximum Gasteiger partial charge on any atom is 0.228 e. The molecule has 0 heterocycles.